The van der Waals surface area contributed by atoms with E-state index in [1.807, 2.05) is 38.1 Å². The summed E-state index contributed by atoms with van der Waals surface area (Å²) in [6.45, 7) is 18.1. The van der Waals surface area contributed by atoms with Gasteiger partial charge in [0, 0.05) is 85.1 Å². The first-order valence-electron chi connectivity index (χ1n) is 18.1. The van der Waals surface area contributed by atoms with Gasteiger partial charge in [0.15, 0.2) is 0 Å². The van der Waals surface area contributed by atoms with Crippen LogP contribution in [0.5, 0.6) is 0 Å². The molecule has 9 heteroatoms. The van der Waals surface area contributed by atoms with Gasteiger partial charge in [-0.15, -0.1) is 0 Å². The molecule has 2 fully saturated rings. The second kappa shape index (κ2) is 17.9. The van der Waals surface area contributed by atoms with E-state index < -0.39 is 16.1 Å². The summed E-state index contributed by atoms with van der Waals surface area (Å²) < 4.78 is 0. The Kier molecular flexibility index (Phi) is 14.7. The lowest BCUT2D eigenvalue weighted by molar-refractivity contribution is -0.134. The van der Waals surface area contributed by atoms with E-state index in [0.717, 1.165) is 6.54 Å². The summed E-state index contributed by atoms with van der Waals surface area (Å²) in [6.07, 6.45) is 15.5. The third-order valence-corrected chi connectivity index (χ3v) is 18.5. The number of halogens is 2. The standard InChI is InChI=1S/C23H34N2OSi.C18H24N2Si.I2/c1-23(2,3)22(26)25-16-14-21(19(17-25)20-13-10-15-24(20)4)27(5,6)18-11-8-7-9-12-18;1-20-13-7-10-17(20)16-14-19-12-11-18(16)21(2,3)15-8-5-4-6-9-15;1-2/h7-9,11-12,14,16-17,20-21H,10,13,15H2,1-6H3;4-6,8-9,11-12,14,17H,7,10,13H2,1-3H3;/t20-,21+;17-;/m00./s1. The number of aromatic nitrogens is 1. The molecule has 0 bridgehead atoms. The van der Waals surface area contributed by atoms with Gasteiger partial charge in [-0.3, -0.25) is 24.5 Å². The minimum Gasteiger partial charge on any atom is -0.300 e. The molecule has 3 aliphatic rings. The fourth-order valence-corrected chi connectivity index (χ4v) is 13.8. The molecule has 2 aromatic carbocycles. The number of hydrogen-bond donors (Lipinski definition) is 0. The first-order chi connectivity index (χ1) is 23.7. The lowest BCUT2D eigenvalue weighted by Gasteiger charge is -2.40. The Labute approximate surface area is 328 Å². The van der Waals surface area contributed by atoms with Gasteiger partial charge < -0.3 is 0 Å². The minimum absolute atomic E-state index is 0.162. The third-order valence-electron chi connectivity index (χ3n) is 11.1. The fraction of sp³-hybridized carbons (Fsp3) is 0.463. The number of carbonyl (C=O) groups excluding carboxylic acids is 1. The van der Waals surface area contributed by atoms with Crippen molar-refractivity contribution in [3.8, 4) is 0 Å². The Bertz CT molecular complexity index is 1610. The highest BCUT2D eigenvalue weighted by molar-refractivity contribution is 15.0. The molecule has 50 heavy (non-hydrogen) atoms. The number of hydrogen-bond acceptors (Lipinski definition) is 4. The fourth-order valence-electron chi connectivity index (χ4n) is 7.97. The number of amides is 1. The van der Waals surface area contributed by atoms with Crippen LogP contribution in [0.3, 0.4) is 0 Å². The van der Waals surface area contributed by atoms with E-state index >= 15 is 0 Å². The molecular formula is C41H58I2N4OSi2. The van der Waals surface area contributed by atoms with Gasteiger partial charge in [0.05, 0.1) is 8.07 Å². The van der Waals surface area contributed by atoms with Crippen molar-refractivity contribution in [2.75, 3.05) is 27.2 Å². The van der Waals surface area contributed by atoms with Gasteiger partial charge in [-0.25, -0.2) is 0 Å². The van der Waals surface area contributed by atoms with E-state index in [1.165, 1.54) is 53.7 Å². The highest BCUT2D eigenvalue weighted by Crippen LogP contribution is 2.41. The highest BCUT2D eigenvalue weighted by atomic mass is 128. The van der Waals surface area contributed by atoms with Gasteiger partial charge in [0.1, 0.15) is 8.07 Å². The molecule has 0 aliphatic carbocycles. The van der Waals surface area contributed by atoms with Crippen LogP contribution in [0.4, 0.5) is 0 Å². The number of pyridine rings is 1. The Hall–Kier alpha value is -1.65. The average Bonchev–Trinajstić information content (AvgIpc) is 3.76. The van der Waals surface area contributed by atoms with Crippen LogP contribution >= 0.6 is 37.2 Å². The predicted octanol–water partition coefficient (Wildman–Crippen LogP) is 8.79. The molecule has 3 aromatic rings. The zero-order valence-corrected chi connectivity index (χ0v) is 38.0. The number of nitrogens with zero attached hydrogens (tertiary/aromatic N) is 4. The van der Waals surface area contributed by atoms with Crippen LogP contribution in [0.2, 0.25) is 31.7 Å². The molecule has 3 aliphatic heterocycles. The van der Waals surface area contributed by atoms with Crippen LogP contribution in [0.1, 0.15) is 58.1 Å². The largest absolute Gasteiger partial charge is 0.300 e. The normalized spacial score (nSPS) is 21.5. The van der Waals surface area contributed by atoms with Gasteiger partial charge in [-0.1, -0.05) is 124 Å². The Balaban J connectivity index is 0.000000220. The van der Waals surface area contributed by atoms with Crippen molar-refractivity contribution in [3.63, 3.8) is 0 Å². The molecule has 1 aromatic heterocycles. The Morgan fingerprint density at radius 1 is 0.800 bits per heavy atom. The van der Waals surface area contributed by atoms with Crippen molar-refractivity contribution in [1.82, 2.24) is 19.7 Å². The molecule has 5 nitrogen and oxygen atoms in total. The Morgan fingerprint density at radius 2 is 1.34 bits per heavy atom. The molecule has 0 saturated carbocycles. The van der Waals surface area contributed by atoms with Gasteiger partial charge in [-0.2, -0.15) is 0 Å². The van der Waals surface area contributed by atoms with Crippen molar-refractivity contribution in [2.45, 2.75) is 90.3 Å². The molecule has 6 rings (SSSR count). The smallest absolute Gasteiger partial charge is 0.235 e. The molecule has 270 valence electrons. The summed E-state index contributed by atoms with van der Waals surface area (Å²) in [5, 5.41) is 4.52. The topological polar surface area (TPSA) is 39.7 Å². The number of likely N-dealkylation sites (N-methyl/N-ethyl adjacent to an activating group) is 1. The average molecular weight is 933 g/mol. The summed E-state index contributed by atoms with van der Waals surface area (Å²) in [5.74, 6) is 0.162. The third kappa shape index (κ3) is 9.47. The monoisotopic (exact) mass is 932 g/mol. The number of allylic oxidation sites excluding steroid dienone is 1. The van der Waals surface area contributed by atoms with Crippen LogP contribution in [0.15, 0.2) is 103 Å². The molecule has 4 heterocycles. The van der Waals surface area contributed by atoms with E-state index in [4.69, 9.17) is 0 Å². The minimum atomic E-state index is -1.77. The second-order valence-corrected chi connectivity index (χ2v) is 25.2. The number of carbonyl (C=O) groups is 1. The van der Waals surface area contributed by atoms with E-state index in [9.17, 15) is 4.79 Å². The van der Waals surface area contributed by atoms with Crippen molar-refractivity contribution >= 4 is 74.8 Å². The maximum Gasteiger partial charge on any atom is 0.235 e. The first kappa shape index (κ1) is 41.1. The van der Waals surface area contributed by atoms with Gasteiger partial charge in [-0.05, 0) is 75.3 Å². The number of benzene rings is 2. The van der Waals surface area contributed by atoms with E-state index in [0.29, 0.717) is 17.6 Å². The zero-order valence-electron chi connectivity index (χ0n) is 31.7. The SMILES string of the molecule is CN1CCC[C@H]1C1=CN(C(=O)C(C)(C)C)C=C[C@H]1[Si](C)(C)c1ccccc1.CN1CCC[C@H]1c1cnccc1[Si](C)(C)c1ccccc1.II. The van der Waals surface area contributed by atoms with Gasteiger partial charge >= 0.3 is 0 Å². The van der Waals surface area contributed by atoms with Crippen LogP contribution in [0.25, 0.3) is 0 Å². The van der Waals surface area contributed by atoms with E-state index in [2.05, 4.69) is 178 Å². The molecule has 3 atom stereocenters. The maximum atomic E-state index is 12.9. The maximum absolute atomic E-state index is 12.9. The van der Waals surface area contributed by atoms with Crippen LogP contribution < -0.4 is 15.6 Å². The van der Waals surface area contributed by atoms with Crippen molar-refractivity contribution in [1.29, 1.82) is 0 Å². The summed E-state index contributed by atoms with van der Waals surface area (Å²) >= 11 is 4.24. The molecule has 0 spiro atoms. The summed E-state index contributed by atoms with van der Waals surface area (Å²) in [7, 11) is 1.03. The van der Waals surface area contributed by atoms with Crippen molar-refractivity contribution in [2.24, 2.45) is 5.41 Å². The lowest BCUT2D eigenvalue weighted by atomic mass is 9.93. The first-order valence-corrected chi connectivity index (χ1v) is 30.4. The summed E-state index contributed by atoms with van der Waals surface area (Å²) in [4.78, 5) is 24.1. The van der Waals surface area contributed by atoms with Crippen LogP contribution in [-0.4, -0.2) is 75.0 Å². The van der Waals surface area contributed by atoms with E-state index in [-0.39, 0.29) is 11.3 Å². The summed E-state index contributed by atoms with van der Waals surface area (Å²) in [5.41, 5.74) is 2.91. The van der Waals surface area contributed by atoms with Crippen molar-refractivity contribution in [3.05, 3.63) is 109 Å². The summed E-state index contributed by atoms with van der Waals surface area (Å²) in [6, 6.07) is 25.2. The van der Waals surface area contributed by atoms with Crippen LogP contribution in [0, 0.1) is 5.41 Å². The van der Waals surface area contributed by atoms with E-state index in [1.54, 1.807) is 5.19 Å². The zero-order chi connectivity index (χ0) is 36.7. The Morgan fingerprint density at radius 3 is 1.86 bits per heavy atom. The van der Waals surface area contributed by atoms with Gasteiger partial charge in [0.25, 0.3) is 0 Å². The molecule has 0 radical (unpaired) electrons. The predicted molar refractivity (Wildman–Crippen MR) is 237 cm³/mol. The second-order valence-electron chi connectivity index (χ2n) is 16.2. The van der Waals surface area contributed by atoms with Crippen LogP contribution in [-0.2, 0) is 4.79 Å². The quantitative estimate of drug-likeness (QED) is 0.183. The lowest BCUT2D eigenvalue weighted by Crippen LogP contribution is -2.54. The van der Waals surface area contributed by atoms with Crippen molar-refractivity contribution < 1.29 is 4.79 Å². The molecule has 2 saturated heterocycles. The molecule has 0 N–H and O–H groups in total. The number of likely N-dealkylation sites (tertiary alicyclic amines) is 2. The number of rotatable bonds is 6. The molecular weight excluding hydrogens is 874 g/mol. The highest BCUT2D eigenvalue weighted by Gasteiger charge is 2.42. The molecule has 1 amide bonds. The van der Waals surface area contributed by atoms with Gasteiger partial charge in [0.2, 0.25) is 5.91 Å². The molecule has 0 unspecified atom stereocenters.